The third-order valence-electron chi connectivity index (χ3n) is 3.23. The first-order valence-electron chi connectivity index (χ1n) is 6.41. The molecule has 0 amide bonds. The van der Waals surface area contributed by atoms with Crippen molar-refractivity contribution in [3.8, 4) is 0 Å². The van der Waals surface area contributed by atoms with E-state index in [1.807, 2.05) is 0 Å². The van der Waals surface area contributed by atoms with Gasteiger partial charge in [0.25, 0.3) is 0 Å². The average Bonchev–Trinajstić information content (AvgIpc) is 2.61. The van der Waals surface area contributed by atoms with E-state index in [2.05, 4.69) is 6.92 Å². The van der Waals surface area contributed by atoms with Gasteiger partial charge in [0, 0.05) is 12.8 Å². The van der Waals surface area contributed by atoms with E-state index in [1.165, 1.54) is 0 Å². The van der Waals surface area contributed by atoms with Gasteiger partial charge in [-0.1, -0.05) is 33.1 Å². The number of hydrogen-bond acceptors (Lipinski definition) is 3. The Labute approximate surface area is 97.5 Å². The first-order valence-corrected chi connectivity index (χ1v) is 6.41. The Balaban J connectivity index is 2.42. The quantitative estimate of drug-likeness (QED) is 0.516. The summed E-state index contributed by atoms with van der Waals surface area (Å²) in [4.78, 5) is 22.9. The molecule has 2 unspecified atom stereocenters. The number of carbonyl (C=O) groups excluding carboxylic acids is 2. The van der Waals surface area contributed by atoms with Crippen LogP contribution in [0.3, 0.4) is 0 Å². The summed E-state index contributed by atoms with van der Waals surface area (Å²) in [6, 6.07) is 0. The van der Waals surface area contributed by atoms with Gasteiger partial charge in [-0.25, -0.2) is 0 Å². The van der Waals surface area contributed by atoms with E-state index in [1.54, 1.807) is 6.92 Å². The van der Waals surface area contributed by atoms with E-state index in [-0.39, 0.29) is 23.8 Å². The van der Waals surface area contributed by atoms with Crippen LogP contribution in [0.2, 0.25) is 0 Å². The molecule has 1 saturated carbocycles. The molecule has 0 spiro atoms. The molecule has 1 rings (SSSR count). The maximum atomic E-state index is 11.7. The summed E-state index contributed by atoms with van der Waals surface area (Å²) >= 11 is 0. The van der Waals surface area contributed by atoms with E-state index in [9.17, 15) is 9.59 Å². The summed E-state index contributed by atoms with van der Waals surface area (Å²) in [7, 11) is 0. The van der Waals surface area contributed by atoms with Crippen molar-refractivity contribution >= 4 is 11.8 Å². The predicted octanol–water partition coefficient (Wildman–Crippen LogP) is 2.87. The highest BCUT2D eigenvalue weighted by molar-refractivity contribution is 5.84. The van der Waals surface area contributed by atoms with Crippen LogP contribution in [0.25, 0.3) is 0 Å². The summed E-state index contributed by atoms with van der Waals surface area (Å²) in [6.07, 6.45) is 5.81. The SMILES string of the molecule is CCCCCC1C(=O)CCC1OC(=O)CC. The van der Waals surface area contributed by atoms with Crippen LogP contribution in [-0.4, -0.2) is 17.9 Å². The molecule has 0 N–H and O–H groups in total. The number of esters is 1. The zero-order chi connectivity index (χ0) is 12.0. The van der Waals surface area contributed by atoms with Crippen LogP contribution in [-0.2, 0) is 14.3 Å². The van der Waals surface area contributed by atoms with Crippen molar-refractivity contribution in [3.05, 3.63) is 0 Å². The largest absolute Gasteiger partial charge is 0.462 e. The molecule has 0 aromatic rings. The Morgan fingerprint density at radius 3 is 2.75 bits per heavy atom. The number of ether oxygens (including phenoxy) is 1. The number of rotatable bonds is 6. The third kappa shape index (κ3) is 3.62. The van der Waals surface area contributed by atoms with Gasteiger partial charge < -0.3 is 4.74 Å². The van der Waals surface area contributed by atoms with Crippen LogP contribution >= 0.6 is 0 Å². The van der Waals surface area contributed by atoms with Crippen molar-refractivity contribution in [2.75, 3.05) is 0 Å². The summed E-state index contributed by atoms with van der Waals surface area (Å²) < 4.78 is 5.31. The normalized spacial score (nSPS) is 24.8. The second kappa shape index (κ2) is 6.66. The molecule has 92 valence electrons. The standard InChI is InChI=1S/C13H22O3/c1-3-5-6-7-10-11(14)8-9-12(10)16-13(15)4-2/h10,12H,3-9H2,1-2H3. The minimum absolute atomic E-state index is 0.0259. The molecule has 0 saturated heterocycles. The number of Topliss-reactive ketones (excluding diaryl/α,β-unsaturated/α-hetero) is 1. The van der Waals surface area contributed by atoms with Crippen LogP contribution in [0.5, 0.6) is 0 Å². The lowest BCUT2D eigenvalue weighted by atomic mass is 9.97. The zero-order valence-corrected chi connectivity index (χ0v) is 10.3. The van der Waals surface area contributed by atoms with Gasteiger partial charge in [-0.05, 0) is 12.8 Å². The number of carbonyl (C=O) groups is 2. The molecule has 0 heterocycles. The highest BCUT2D eigenvalue weighted by Gasteiger charge is 2.36. The topological polar surface area (TPSA) is 43.4 Å². The van der Waals surface area contributed by atoms with Crippen molar-refractivity contribution in [2.24, 2.45) is 5.92 Å². The minimum atomic E-state index is -0.180. The van der Waals surface area contributed by atoms with Gasteiger partial charge in [-0.2, -0.15) is 0 Å². The van der Waals surface area contributed by atoms with Crippen LogP contribution in [0.4, 0.5) is 0 Å². The fourth-order valence-electron chi connectivity index (χ4n) is 2.23. The molecule has 0 aromatic heterocycles. The monoisotopic (exact) mass is 226 g/mol. The summed E-state index contributed by atoms with van der Waals surface area (Å²) in [5.41, 5.74) is 0. The molecule has 1 aliphatic carbocycles. The van der Waals surface area contributed by atoms with Crippen molar-refractivity contribution in [1.82, 2.24) is 0 Å². The molecule has 0 aliphatic heterocycles. The van der Waals surface area contributed by atoms with Gasteiger partial charge in [-0.3, -0.25) is 9.59 Å². The maximum Gasteiger partial charge on any atom is 0.305 e. The molecule has 2 atom stereocenters. The lowest BCUT2D eigenvalue weighted by Gasteiger charge is -2.18. The summed E-state index contributed by atoms with van der Waals surface area (Å²) in [6.45, 7) is 3.93. The van der Waals surface area contributed by atoms with Gasteiger partial charge in [0.1, 0.15) is 11.9 Å². The Kier molecular flexibility index (Phi) is 5.50. The van der Waals surface area contributed by atoms with E-state index >= 15 is 0 Å². The second-order valence-electron chi connectivity index (χ2n) is 4.49. The number of hydrogen-bond donors (Lipinski definition) is 0. The van der Waals surface area contributed by atoms with Crippen molar-refractivity contribution in [1.29, 1.82) is 0 Å². The molecule has 0 bridgehead atoms. The molecule has 16 heavy (non-hydrogen) atoms. The second-order valence-corrected chi connectivity index (χ2v) is 4.49. The molecule has 3 heteroatoms. The van der Waals surface area contributed by atoms with E-state index in [4.69, 9.17) is 4.74 Å². The average molecular weight is 226 g/mol. The molecule has 3 nitrogen and oxygen atoms in total. The Morgan fingerprint density at radius 1 is 1.38 bits per heavy atom. The first kappa shape index (κ1) is 13.2. The molecule has 0 radical (unpaired) electrons. The summed E-state index contributed by atoms with van der Waals surface area (Å²) in [5, 5.41) is 0. The Hall–Kier alpha value is -0.860. The number of unbranched alkanes of at least 4 members (excludes halogenated alkanes) is 2. The third-order valence-corrected chi connectivity index (χ3v) is 3.23. The van der Waals surface area contributed by atoms with Crippen LogP contribution in [0, 0.1) is 5.92 Å². The fraction of sp³-hybridized carbons (Fsp3) is 0.846. The van der Waals surface area contributed by atoms with Crippen molar-refractivity contribution in [3.63, 3.8) is 0 Å². The fourth-order valence-corrected chi connectivity index (χ4v) is 2.23. The van der Waals surface area contributed by atoms with Crippen LogP contribution in [0.1, 0.15) is 58.8 Å². The van der Waals surface area contributed by atoms with Gasteiger partial charge in [-0.15, -0.1) is 0 Å². The molecule has 1 aliphatic rings. The van der Waals surface area contributed by atoms with E-state index < -0.39 is 0 Å². The van der Waals surface area contributed by atoms with Crippen molar-refractivity contribution < 1.29 is 14.3 Å². The van der Waals surface area contributed by atoms with Gasteiger partial charge >= 0.3 is 5.97 Å². The molecular weight excluding hydrogens is 204 g/mol. The van der Waals surface area contributed by atoms with Gasteiger partial charge in [0.05, 0.1) is 5.92 Å². The summed E-state index contributed by atoms with van der Waals surface area (Å²) in [5.74, 6) is 0.0762. The Morgan fingerprint density at radius 2 is 2.12 bits per heavy atom. The first-order chi connectivity index (χ1) is 7.69. The van der Waals surface area contributed by atoms with Crippen LogP contribution in [0.15, 0.2) is 0 Å². The zero-order valence-electron chi connectivity index (χ0n) is 10.3. The lowest BCUT2D eigenvalue weighted by Crippen LogP contribution is -2.25. The molecular formula is C13H22O3. The van der Waals surface area contributed by atoms with Crippen molar-refractivity contribution in [2.45, 2.75) is 64.9 Å². The number of ketones is 1. The molecule has 0 aromatic carbocycles. The van der Waals surface area contributed by atoms with Crippen LogP contribution < -0.4 is 0 Å². The lowest BCUT2D eigenvalue weighted by molar-refractivity contribution is -0.151. The highest BCUT2D eigenvalue weighted by atomic mass is 16.5. The molecule has 1 fully saturated rings. The predicted molar refractivity (Wildman–Crippen MR) is 62.0 cm³/mol. The Bertz CT molecular complexity index is 248. The highest BCUT2D eigenvalue weighted by Crippen LogP contribution is 2.29. The van der Waals surface area contributed by atoms with E-state index in [0.29, 0.717) is 12.8 Å². The minimum Gasteiger partial charge on any atom is -0.462 e. The van der Waals surface area contributed by atoms with Gasteiger partial charge in [0.2, 0.25) is 0 Å². The van der Waals surface area contributed by atoms with Gasteiger partial charge in [0.15, 0.2) is 0 Å². The van der Waals surface area contributed by atoms with E-state index in [0.717, 1.165) is 32.1 Å². The smallest absolute Gasteiger partial charge is 0.305 e. The maximum absolute atomic E-state index is 11.7.